The van der Waals surface area contributed by atoms with Gasteiger partial charge in [-0.25, -0.2) is 23.3 Å². The number of halogens is 5. The molecule has 3 atom stereocenters. The lowest BCUT2D eigenvalue weighted by molar-refractivity contribution is -0.183. The molecule has 4 heterocycles. The molecule has 0 spiro atoms. The highest BCUT2D eigenvalue weighted by molar-refractivity contribution is 5.92. The smallest absolute Gasteiger partial charge is 0.390 e. The van der Waals surface area contributed by atoms with Gasteiger partial charge in [0, 0.05) is 44.5 Å². The number of aliphatic hydroxyl groups is 1. The van der Waals surface area contributed by atoms with Gasteiger partial charge < -0.3 is 15.7 Å². The number of aliphatic hydroxyl groups excluding tert-OH is 1. The molecule has 3 aromatic rings. The lowest BCUT2D eigenvalue weighted by atomic mass is 9.81. The molecule has 228 valence electrons. The van der Waals surface area contributed by atoms with Crippen LogP contribution in [0.15, 0.2) is 18.5 Å². The van der Waals surface area contributed by atoms with Gasteiger partial charge in [0.05, 0.1) is 41.8 Å². The number of piperidine rings is 1. The minimum absolute atomic E-state index is 0.0399. The van der Waals surface area contributed by atoms with Gasteiger partial charge in [0.2, 0.25) is 11.8 Å². The fourth-order valence-electron chi connectivity index (χ4n) is 5.72. The van der Waals surface area contributed by atoms with Crippen molar-refractivity contribution in [3.63, 3.8) is 0 Å². The number of nitrogens with one attached hydrogen (secondary N) is 2. The van der Waals surface area contributed by atoms with Crippen molar-refractivity contribution in [2.45, 2.75) is 76.7 Å². The third-order valence-corrected chi connectivity index (χ3v) is 8.09. The highest BCUT2D eigenvalue weighted by Crippen LogP contribution is 2.41. The Kier molecular flexibility index (Phi) is 8.18. The lowest BCUT2D eigenvalue weighted by Crippen LogP contribution is -2.47. The first-order valence-electron chi connectivity index (χ1n) is 13.8. The number of fused-ring (bicyclic) bond motifs is 1. The Morgan fingerprint density at radius 1 is 1.24 bits per heavy atom. The molecule has 0 bridgehead atoms. The first kappa shape index (κ1) is 29.8. The van der Waals surface area contributed by atoms with E-state index in [0.717, 1.165) is 0 Å². The molecule has 1 aliphatic heterocycles. The second kappa shape index (κ2) is 11.5. The summed E-state index contributed by atoms with van der Waals surface area (Å²) in [5.41, 5.74) is 0.763. The molecular weight excluding hydrogens is 567 g/mol. The molecule has 1 saturated carbocycles. The number of carbonyl (C=O) groups excluding carboxylic acids is 2. The summed E-state index contributed by atoms with van der Waals surface area (Å²) in [5, 5.41) is 23.7. The van der Waals surface area contributed by atoms with Crippen molar-refractivity contribution in [3.05, 3.63) is 41.2 Å². The van der Waals surface area contributed by atoms with Crippen LogP contribution in [0.5, 0.6) is 0 Å². The number of amides is 2. The van der Waals surface area contributed by atoms with Gasteiger partial charge >= 0.3 is 6.18 Å². The van der Waals surface area contributed by atoms with Gasteiger partial charge in [0.15, 0.2) is 0 Å². The molecule has 42 heavy (non-hydrogen) atoms. The fraction of sp³-hybridized carbons (Fsp3) is 0.615. The molecule has 0 radical (unpaired) electrons. The fourth-order valence-corrected chi connectivity index (χ4v) is 5.72. The predicted octanol–water partition coefficient (Wildman–Crippen LogP) is 2.99. The van der Waals surface area contributed by atoms with Crippen molar-refractivity contribution in [3.8, 4) is 0 Å². The summed E-state index contributed by atoms with van der Waals surface area (Å²) in [6, 6.07) is 0.761. The third kappa shape index (κ3) is 6.22. The average molecular weight is 599 g/mol. The van der Waals surface area contributed by atoms with Crippen LogP contribution in [0.4, 0.5) is 22.0 Å². The van der Waals surface area contributed by atoms with Gasteiger partial charge in [0.1, 0.15) is 5.69 Å². The third-order valence-electron chi connectivity index (χ3n) is 8.09. The summed E-state index contributed by atoms with van der Waals surface area (Å²) in [6.45, 7) is 1.16. The van der Waals surface area contributed by atoms with Crippen LogP contribution in [0.1, 0.15) is 72.6 Å². The van der Waals surface area contributed by atoms with Crippen molar-refractivity contribution < 1.29 is 36.6 Å². The summed E-state index contributed by atoms with van der Waals surface area (Å²) in [4.78, 5) is 34.4. The van der Waals surface area contributed by atoms with Crippen molar-refractivity contribution in [1.29, 1.82) is 0 Å². The van der Waals surface area contributed by atoms with Crippen LogP contribution >= 0.6 is 0 Å². The van der Waals surface area contributed by atoms with Gasteiger partial charge in [0.25, 0.3) is 11.7 Å². The summed E-state index contributed by atoms with van der Waals surface area (Å²) in [5.74, 6) is -6.88. The minimum atomic E-state index is -4.47. The maximum atomic E-state index is 14.0. The van der Waals surface area contributed by atoms with Crippen molar-refractivity contribution in [2.24, 2.45) is 17.8 Å². The summed E-state index contributed by atoms with van der Waals surface area (Å²) in [7, 11) is 0. The Hall–Kier alpha value is -3.69. The minimum Gasteiger partial charge on any atom is -0.390 e. The van der Waals surface area contributed by atoms with Gasteiger partial charge in [-0.05, 0) is 38.2 Å². The van der Waals surface area contributed by atoms with E-state index >= 15 is 0 Å². The topological polar surface area (TPSA) is 139 Å². The van der Waals surface area contributed by atoms with E-state index in [9.17, 15) is 36.6 Å². The van der Waals surface area contributed by atoms with E-state index in [2.05, 4.69) is 30.8 Å². The van der Waals surface area contributed by atoms with Crippen molar-refractivity contribution in [1.82, 2.24) is 40.0 Å². The maximum absolute atomic E-state index is 14.0. The molecule has 2 aliphatic rings. The number of alkyl halides is 5. The van der Waals surface area contributed by atoms with Crippen LogP contribution in [0.25, 0.3) is 5.78 Å². The molecule has 1 saturated heterocycles. The number of imidazole rings is 1. The van der Waals surface area contributed by atoms with Gasteiger partial charge in [-0.2, -0.15) is 23.4 Å². The number of nitrogens with zero attached hydrogens (tertiary/aromatic N) is 6. The highest BCUT2D eigenvalue weighted by atomic mass is 19.4. The first-order valence-corrected chi connectivity index (χ1v) is 13.8. The standard InChI is InChI=1S/C26H31F5N8O3/c1-2-38-20(5-8-33-38)23(42)36-21(14-3-6-25(27,28)7-4-14)18-12-39-24(34-18)35-19(13-40)17(37-39)10-15-9-16(26(29,30)31)11-32-22(15)41/h5,8,12,14-16,21,40H,2-4,6-7,9-11,13H2,1H3,(H,32,41)(H,36,42)/t15-,16-,21+/m1/s1. The van der Waals surface area contributed by atoms with Crippen molar-refractivity contribution in [2.75, 3.05) is 6.54 Å². The molecule has 11 nitrogen and oxygen atoms in total. The first-order chi connectivity index (χ1) is 19.9. The molecule has 16 heteroatoms. The number of hydrogen-bond acceptors (Lipinski definition) is 7. The van der Waals surface area contributed by atoms with Gasteiger partial charge in [-0.1, -0.05) is 0 Å². The molecule has 3 aromatic heterocycles. The van der Waals surface area contributed by atoms with E-state index in [0.29, 0.717) is 12.2 Å². The zero-order valence-electron chi connectivity index (χ0n) is 22.7. The number of hydrogen-bond donors (Lipinski definition) is 3. The molecule has 2 amide bonds. The lowest BCUT2D eigenvalue weighted by Gasteiger charge is -2.33. The number of rotatable bonds is 8. The van der Waals surface area contributed by atoms with Crippen LogP contribution in [-0.2, 0) is 24.4 Å². The Morgan fingerprint density at radius 2 is 1.98 bits per heavy atom. The van der Waals surface area contributed by atoms with E-state index in [1.165, 1.54) is 21.6 Å². The molecule has 0 unspecified atom stereocenters. The number of aromatic nitrogens is 6. The molecule has 1 aliphatic carbocycles. The second-order valence-corrected chi connectivity index (χ2v) is 10.9. The quantitative estimate of drug-likeness (QED) is 0.339. The maximum Gasteiger partial charge on any atom is 0.393 e. The van der Waals surface area contributed by atoms with Crippen LogP contribution in [0.3, 0.4) is 0 Å². The van der Waals surface area contributed by atoms with E-state index < -0.39 is 61.4 Å². The van der Waals surface area contributed by atoms with E-state index in [1.54, 1.807) is 6.07 Å². The van der Waals surface area contributed by atoms with E-state index in [1.807, 2.05) is 6.92 Å². The van der Waals surface area contributed by atoms with Gasteiger partial charge in [-0.3, -0.25) is 14.3 Å². The Balaban J connectivity index is 1.45. The molecule has 2 fully saturated rings. The monoisotopic (exact) mass is 598 g/mol. The average Bonchev–Trinajstić information content (AvgIpc) is 3.58. The molecule has 0 aromatic carbocycles. The van der Waals surface area contributed by atoms with Crippen LogP contribution < -0.4 is 10.6 Å². The highest BCUT2D eigenvalue weighted by Gasteiger charge is 2.45. The molecule has 3 N–H and O–H groups in total. The molecular formula is C26H31F5N8O3. The Labute approximate surface area is 236 Å². The number of carbonyl (C=O) groups is 2. The number of aryl methyl sites for hydroxylation is 1. The zero-order valence-corrected chi connectivity index (χ0v) is 22.7. The predicted molar refractivity (Wildman–Crippen MR) is 136 cm³/mol. The van der Waals surface area contributed by atoms with Gasteiger partial charge in [-0.15, -0.1) is 0 Å². The van der Waals surface area contributed by atoms with Crippen molar-refractivity contribution >= 4 is 17.6 Å². The Morgan fingerprint density at radius 3 is 2.64 bits per heavy atom. The van der Waals surface area contributed by atoms with Crippen LogP contribution in [-0.4, -0.2) is 64.9 Å². The largest absolute Gasteiger partial charge is 0.393 e. The Bertz CT molecular complexity index is 1450. The summed E-state index contributed by atoms with van der Waals surface area (Å²) < 4.78 is 70.7. The SMILES string of the molecule is CCn1nccc1C(=O)N[C@H](c1cn2nc(C[C@H]3C[C@@H](C(F)(F)F)CNC3=O)c(CO)nc2n1)C1CCC(F)(F)CC1. The normalized spacial score (nSPS) is 22.2. The van der Waals surface area contributed by atoms with E-state index in [-0.39, 0.29) is 60.9 Å². The van der Waals surface area contributed by atoms with Crippen LogP contribution in [0, 0.1) is 17.8 Å². The summed E-state index contributed by atoms with van der Waals surface area (Å²) >= 11 is 0. The van der Waals surface area contributed by atoms with E-state index in [4.69, 9.17) is 0 Å². The van der Waals surface area contributed by atoms with Crippen LogP contribution in [0.2, 0.25) is 0 Å². The zero-order chi connectivity index (χ0) is 30.2. The second-order valence-electron chi connectivity index (χ2n) is 10.9. The molecule has 5 rings (SSSR count). The summed E-state index contributed by atoms with van der Waals surface area (Å²) in [6.07, 6.45) is -2.57.